The normalized spacial score (nSPS) is 17.0. The van der Waals surface area contributed by atoms with Crippen molar-refractivity contribution in [2.75, 3.05) is 18.4 Å². The molecule has 0 bridgehead atoms. The van der Waals surface area contributed by atoms with Gasteiger partial charge in [0.15, 0.2) is 0 Å². The Bertz CT molecular complexity index is 962. The zero-order valence-corrected chi connectivity index (χ0v) is 17.6. The van der Waals surface area contributed by atoms with Crippen molar-refractivity contribution in [3.05, 3.63) is 58.0 Å². The van der Waals surface area contributed by atoms with E-state index in [1.807, 2.05) is 41.8 Å². The van der Waals surface area contributed by atoms with Crippen LogP contribution in [0.1, 0.15) is 50.9 Å². The lowest BCUT2D eigenvalue weighted by Crippen LogP contribution is -2.57. The van der Waals surface area contributed by atoms with E-state index in [4.69, 9.17) is 4.74 Å². The number of aryl methyl sites for hydroxylation is 1. The number of urea groups is 1. The fourth-order valence-corrected chi connectivity index (χ4v) is 3.68. The number of nitrogens with zero attached hydrogens (tertiary/aromatic N) is 2. The SMILES string of the molecule is Cc1cc(OC2CN(C(=O)Nc3ccc(C(C)(C)C)cc3)C2)cc(=O)n1C1CC1. The van der Waals surface area contributed by atoms with Gasteiger partial charge in [-0.1, -0.05) is 32.9 Å². The van der Waals surface area contributed by atoms with Crippen LogP contribution in [0.3, 0.4) is 0 Å². The Kier molecular flexibility index (Phi) is 4.89. The summed E-state index contributed by atoms with van der Waals surface area (Å²) < 4.78 is 7.76. The van der Waals surface area contributed by atoms with Crippen molar-refractivity contribution in [3.8, 4) is 5.75 Å². The lowest BCUT2D eigenvalue weighted by atomic mass is 9.87. The van der Waals surface area contributed by atoms with Crippen molar-refractivity contribution in [2.24, 2.45) is 0 Å². The Morgan fingerprint density at radius 1 is 1.10 bits per heavy atom. The molecule has 0 spiro atoms. The third kappa shape index (κ3) is 4.31. The molecule has 1 aromatic heterocycles. The van der Waals surface area contributed by atoms with Crippen LogP contribution in [0.5, 0.6) is 5.75 Å². The standard InChI is InChI=1S/C23H29N3O3/c1-15-11-19(12-21(27)26(15)18-9-10-18)29-20-13-25(14-20)22(28)24-17-7-5-16(6-8-17)23(2,3)4/h5-8,11-12,18,20H,9-10,13-14H2,1-4H3,(H,24,28). The van der Waals surface area contributed by atoms with Crippen LogP contribution in [0.25, 0.3) is 0 Å². The molecule has 1 saturated heterocycles. The molecule has 0 unspecified atom stereocenters. The van der Waals surface area contributed by atoms with Crippen LogP contribution in [0.15, 0.2) is 41.2 Å². The number of amides is 2. The fourth-order valence-electron chi connectivity index (χ4n) is 3.68. The van der Waals surface area contributed by atoms with Gasteiger partial charge in [-0.2, -0.15) is 0 Å². The van der Waals surface area contributed by atoms with Crippen molar-refractivity contribution < 1.29 is 9.53 Å². The number of anilines is 1. The molecule has 2 aromatic rings. The van der Waals surface area contributed by atoms with Crippen LogP contribution in [-0.4, -0.2) is 34.7 Å². The molecule has 4 rings (SSSR count). The molecular weight excluding hydrogens is 366 g/mol. The van der Waals surface area contributed by atoms with Gasteiger partial charge in [0.05, 0.1) is 13.1 Å². The first-order chi connectivity index (χ1) is 13.7. The van der Waals surface area contributed by atoms with E-state index in [0.29, 0.717) is 24.9 Å². The van der Waals surface area contributed by atoms with Gasteiger partial charge >= 0.3 is 6.03 Å². The average molecular weight is 396 g/mol. The monoisotopic (exact) mass is 395 g/mol. The lowest BCUT2D eigenvalue weighted by molar-refractivity contribution is 0.0490. The highest BCUT2D eigenvalue weighted by atomic mass is 16.5. The molecule has 2 heterocycles. The topological polar surface area (TPSA) is 63.6 Å². The Hall–Kier alpha value is -2.76. The second-order valence-electron chi connectivity index (χ2n) is 9.17. The van der Waals surface area contributed by atoms with E-state index in [1.165, 1.54) is 5.56 Å². The number of carbonyl (C=O) groups excluding carboxylic acids is 1. The molecule has 1 aromatic carbocycles. The van der Waals surface area contributed by atoms with Gasteiger partial charge in [0.1, 0.15) is 11.9 Å². The van der Waals surface area contributed by atoms with E-state index >= 15 is 0 Å². The maximum absolute atomic E-state index is 12.4. The molecule has 1 aliphatic carbocycles. The minimum absolute atomic E-state index is 0.00451. The molecule has 154 valence electrons. The first-order valence-electron chi connectivity index (χ1n) is 10.3. The first-order valence-corrected chi connectivity index (χ1v) is 10.3. The zero-order valence-electron chi connectivity index (χ0n) is 17.6. The minimum atomic E-state index is -0.131. The van der Waals surface area contributed by atoms with E-state index in [2.05, 4.69) is 26.1 Å². The summed E-state index contributed by atoms with van der Waals surface area (Å²) in [7, 11) is 0. The van der Waals surface area contributed by atoms with Crippen molar-refractivity contribution in [1.82, 2.24) is 9.47 Å². The summed E-state index contributed by atoms with van der Waals surface area (Å²) in [5, 5.41) is 2.93. The van der Waals surface area contributed by atoms with Gasteiger partial charge in [-0.3, -0.25) is 4.79 Å². The molecule has 1 saturated carbocycles. The molecule has 0 atom stereocenters. The number of hydrogen-bond donors (Lipinski definition) is 1. The van der Waals surface area contributed by atoms with Gasteiger partial charge in [-0.05, 0) is 48.9 Å². The quantitative estimate of drug-likeness (QED) is 0.848. The van der Waals surface area contributed by atoms with Gasteiger partial charge < -0.3 is 19.5 Å². The van der Waals surface area contributed by atoms with Crippen molar-refractivity contribution in [1.29, 1.82) is 0 Å². The third-order valence-electron chi connectivity index (χ3n) is 5.59. The second kappa shape index (κ2) is 7.25. The number of pyridine rings is 1. The van der Waals surface area contributed by atoms with E-state index in [9.17, 15) is 9.59 Å². The Labute approximate surface area is 171 Å². The number of ether oxygens (including phenoxy) is 1. The maximum atomic E-state index is 12.4. The molecular formula is C23H29N3O3. The second-order valence-corrected chi connectivity index (χ2v) is 9.17. The Morgan fingerprint density at radius 3 is 2.31 bits per heavy atom. The summed E-state index contributed by atoms with van der Waals surface area (Å²) in [6.07, 6.45) is 2.07. The molecule has 29 heavy (non-hydrogen) atoms. The van der Waals surface area contributed by atoms with Gasteiger partial charge in [-0.25, -0.2) is 4.79 Å². The molecule has 2 amide bonds. The summed E-state index contributed by atoms with van der Waals surface area (Å²) >= 11 is 0. The Morgan fingerprint density at radius 2 is 1.76 bits per heavy atom. The number of rotatable bonds is 4. The summed E-state index contributed by atoms with van der Waals surface area (Å²) in [5.74, 6) is 0.590. The minimum Gasteiger partial charge on any atom is -0.486 e. The van der Waals surface area contributed by atoms with Gasteiger partial charge in [-0.15, -0.1) is 0 Å². The molecule has 2 aliphatic rings. The summed E-state index contributed by atoms with van der Waals surface area (Å²) in [5.41, 5.74) is 3.03. The smallest absolute Gasteiger partial charge is 0.322 e. The highest BCUT2D eigenvalue weighted by Gasteiger charge is 2.33. The highest BCUT2D eigenvalue weighted by molar-refractivity contribution is 5.89. The number of hydrogen-bond acceptors (Lipinski definition) is 3. The Balaban J connectivity index is 1.30. The maximum Gasteiger partial charge on any atom is 0.322 e. The van der Waals surface area contributed by atoms with E-state index < -0.39 is 0 Å². The molecule has 1 N–H and O–H groups in total. The number of likely N-dealkylation sites (tertiary alicyclic amines) is 1. The molecule has 6 nitrogen and oxygen atoms in total. The van der Waals surface area contributed by atoms with E-state index in [0.717, 1.165) is 24.2 Å². The van der Waals surface area contributed by atoms with E-state index in [1.54, 1.807) is 11.0 Å². The average Bonchev–Trinajstić information content (AvgIpc) is 3.41. The first kappa shape index (κ1) is 19.6. The van der Waals surface area contributed by atoms with Crippen LogP contribution in [0, 0.1) is 6.92 Å². The third-order valence-corrected chi connectivity index (χ3v) is 5.59. The lowest BCUT2D eigenvalue weighted by Gasteiger charge is -2.38. The summed E-state index contributed by atoms with van der Waals surface area (Å²) in [6.45, 7) is 9.45. The van der Waals surface area contributed by atoms with E-state index in [-0.39, 0.29) is 23.1 Å². The zero-order chi connectivity index (χ0) is 20.8. The fraction of sp³-hybridized carbons (Fsp3) is 0.478. The van der Waals surface area contributed by atoms with Crippen LogP contribution < -0.4 is 15.6 Å². The summed E-state index contributed by atoms with van der Waals surface area (Å²) in [4.78, 5) is 26.4. The van der Waals surface area contributed by atoms with Crippen LogP contribution in [-0.2, 0) is 5.41 Å². The number of aromatic nitrogens is 1. The van der Waals surface area contributed by atoms with Crippen molar-refractivity contribution >= 4 is 11.7 Å². The molecule has 6 heteroatoms. The number of carbonyl (C=O) groups is 1. The molecule has 1 aliphatic heterocycles. The van der Waals surface area contributed by atoms with Crippen LogP contribution in [0.4, 0.5) is 10.5 Å². The largest absolute Gasteiger partial charge is 0.486 e. The van der Waals surface area contributed by atoms with Crippen LogP contribution in [0.2, 0.25) is 0 Å². The van der Waals surface area contributed by atoms with Crippen molar-refractivity contribution in [3.63, 3.8) is 0 Å². The summed E-state index contributed by atoms with van der Waals surface area (Å²) in [6, 6.07) is 11.7. The number of benzene rings is 1. The molecule has 2 fully saturated rings. The van der Waals surface area contributed by atoms with Crippen LogP contribution >= 0.6 is 0 Å². The van der Waals surface area contributed by atoms with Gasteiger partial charge in [0.2, 0.25) is 0 Å². The highest BCUT2D eigenvalue weighted by Crippen LogP contribution is 2.35. The molecule has 0 radical (unpaired) electrons. The van der Waals surface area contributed by atoms with Gasteiger partial charge in [0.25, 0.3) is 5.56 Å². The number of nitrogens with one attached hydrogen (secondary N) is 1. The van der Waals surface area contributed by atoms with Crippen molar-refractivity contribution in [2.45, 2.75) is 58.1 Å². The predicted octanol–water partition coefficient (Wildman–Crippen LogP) is 4.08. The van der Waals surface area contributed by atoms with Gasteiger partial charge in [0, 0.05) is 23.5 Å². The predicted molar refractivity (Wildman–Crippen MR) is 114 cm³/mol.